The molecule has 2 amide bonds. The van der Waals surface area contributed by atoms with Gasteiger partial charge in [-0.25, -0.2) is 0 Å². The van der Waals surface area contributed by atoms with Gasteiger partial charge in [0.25, 0.3) is 11.8 Å². The number of rotatable bonds is 2. The maximum Gasteiger partial charge on any atom is 0.421 e. The van der Waals surface area contributed by atoms with Gasteiger partial charge in [-0.2, -0.15) is 13.2 Å². The molecule has 4 rings (SSSR count). The lowest BCUT2D eigenvalue weighted by atomic mass is 9.94. The molecular weight excluding hydrogens is 403 g/mol. The van der Waals surface area contributed by atoms with Crippen molar-refractivity contribution in [1.82, 2.24) is 10.3 Å². The fraction of sp³-hybridized carbons (Fsp3) is 0.350. The number of carbonyl (C=O) groups excluding carboxylic acids is 2. The number of fused-ring (bicyclic) bond motifs is 2. The molecule has 30 heavy (non-hydrogen) atoms. The zero-order valence-corrected chi connectivity index (χ0v) is 16.1. The molecule has 0 bridgehead atoms. The molecule has 2 unspecified atom stereocenters. The second-order valence-electron chi connectivity index (χ2n) is 7.25. The summed E-state index contributed by atoms with van der Waals surface area (Å²) in [7, 11) is 1.55. The number of benzene rings is 1. The van der Waals surface area contributed by atoms with Crippen LogP contribution in [0.15, 0.2) is 36.5 Å². The minimum atomic E-state index is -4.66. The van der Waals surface area contributed by atoms with Crippen LogP contribution in [0.3, 0.4) is 0 Å². The highest BCUT2D eigenvalue weighted by Gasteiger charge is 2.57. The van der Waals surface area contributed by atoms with Gasteiger partial charge in [0, 0.05) is 24.4 Å². The van der Waals surface area contributed by atoms with E-state index in [4.69, 9.17) is 9.47 Å². The second kappa shape index (κ2) is 6.98. The van der Waals surface area contributed by atoms with Crippen molar-refractivity contribution in [3.05, 3.63) is 53.3 Å². The molecule has 2 aliphatic rings. The predicted molar refractivity (Wildman–Crippen MR) is 99.0 cm³/mol. The molecule has 0 fully saturated rings. The molecule has 7 nitrogen and oxygen atoms in total. The minimum Gasteiger partial charge on any atom is -0.489 e. The maximum absolute atomic E-state index is 13.5. The summed E-state index contributed by atoms with van der Waals surface area (Å²) in [6.45, 7) is 0.536. The van der Waals surface area contributed by atoms with Crippen LogP contribution in [0.2, 0.25) is 0 Å². The van der Waals surface area contributed by atoms with Crippen molar-refractivity contribution >= 4 is 17.5 Å². The van der Waals surface area contributed by atoms with E-state index in [2.05, 4.69) is 10.3 Å². The topological polar surface area (TPSA) is 80.8 Å². The predicted octanol–water partition coefficient (Wildman–Crippen LogP) is 2.54. The van der Waals surface area contributed by atoms with Gasteiger partial charge in [-0.3, -0.25) is 14.6 Å². The Kier molecular flexibility index (Phi) is 4.69. The molecule has 1 N–H and O–H groups in total. The van der Waals surface area contributed by atoms with Crippen LogP contribution in [0.4, 0.5) is 18.9 Å². The van der Waals surface area contributed by atoms with Crippen LogP contribution in [-0.4, -0.2) is 42.7 Å². The van der Waals surface area contributed by atoms with E-state index in [1.807, 2.05) is 0 Å². The first-order valence-electron chi connectivity index (χ1n) is 9.12. The van der Waals surface area contributed by atoms with Crippen molar-refractivity contribution in [3.8, 4) is 5.75 Å². The highest BCUT2D eigenvalue weighted by Crippen LogP contribution is 2.47. The summed E-state index contributed by atoms with van der Waals surface area (Å²) >= 11 is 0. The van der Waals surface area contributed by atoms with Crippen molar-refractivity contribution < 1.29 is 32.2 Å². The number of para-hydroxylation sites is 2. The van der Waals surface area contributed by atoms with Crippen LogP contribution in [0.1, 0.15) is 28.5 Å². The lowest BCUT2D eigenvalue weighted by Crippen LogP contribution is -2.49. The SMILES string of the molecule is CN1C(=O)C(NC(=O)c2cc3c(cn2)COC3(C)C(F)(F)F)COc2ccccc21. The largest absolute Gasteiger partial charge is 0.489 e. The Bertz CT molecular complexity index is 1030. The zero-order valence-electron chi connectivity index (χ0n) is 16.1. The van der Waals surface area contributed by atoms with Gasteiger partial charge in [0.1, 0.15) is 24.1 Å². The number of pyridine rings is 1. The number of aromatic nitrogens is 1. The van der Waals surface area contributed by atoms with Crippen molar-refractivity contribution in [1.29, 1.82) is 0 Å². The summed E-state index contributed by atoms with van der Waals surface area (Å²) in [5, 5.41) is 2.51. The number of hydrogen-bond donors (Lipinski definition) is 1. The first kappa shape index (κ1) is 20.1. The first-order chi connectivity index (χ1) is 14.1. The molecule has 0 radical (unpaired) electrons. The summed E-state index contributed by atoms with van der Waals surface area (Å²) in [5.74, 6) is -0.715. The van der Waals surface area contributed by atoms with Gasteiger partial charge in [0.15, 0.2) is 5.60 Å². The third-order valence-electron chi connectivity index (χ3n) is 5.36. The molecule has 0 saturated heterocycles. The molecule has 2 aromatic rings. The van der Waals surface area contributed by atoms with E-state index in [1.54, 1.807) is 31.3 Å². The van der Waals surface area contributed by atoms with Gasteiger partial charge in [-0.05, 0) is 25.1 Å². The fourth-order valence-electron chi connectivity index (χ4n) is 3.49. The highest BCUT2D eigenvalue weighted by molar-refractivity contribution is 6.02. The molecule has 10 heteroatoms. The average molecular weight is 421 g/mol. The van der Waals surface area contributed by atoms with Crippen LogP contribution in [0.5, 0.6) is 5.75 Å². The van der Waals surface area contributed by atoms with Gasteiger partial charge in [0.2, 0.25) is 0 Å². The van der Waals surface area contributed by atoms with Crippen LogP contribution in [0, 0.1) is 0 Å². The number of nitrogens with zero attached hydrogens (tertiary/aromatic N) is 2. The van der Waals surface area contributed by atoms with E-state index in [9.17, 15) is 22.8 Å². The lowest BCUT2D eigenvalue weighted by molar-refractivity contribution is -0.272. The van der Waals surface area contributed by atoms with Gasteiger partial charge in [-0.1, -0.05) is 12.1 Å². The number of nitrogens with one attached hydrogen (secondary N) is 1. The number of carbonyl (C=O) groups is 2. The average Bonchev–Trinajstić information content (AvgIpc) is 3.02. The van der Waals surface area contributed by atoms with Crippen LogP contribution >= 0.6 is 0 Å². The number of halogens is 3. The third-order valence-corrected chi connectivity index (χ3v) is 5.36. The lowest BCUT2D eigenvalue weighted by Gasteiger charge is -2.27. The zero-order chi connectivity index (χ0) is 21.7. The number of ether oxygens (including phenoxy) is 2. The summed E-state index contributed by atoms with van der Waals surface area (Å²) in [6.07, 6.45) is -3.47. The normalized spacial score (nSPS) is 23.3. The molecular formula is C20H18F3N3O4. The Morgan fingerprint density at radius 2 is 2.07 bits per heavy atom. The van der Waals surface area contributed by atoms with Gasteiger partial charge in [0.05, 0.1) is 12.3 Å². The van der Waals surface area contributed by atoms with Crippen molar-refractivity contribution in [2.75, 3.05) is 18.6 Å². The Morgan fingerprint density at radius 3 is 2.80 bits per heavy atom. The monoisotopic (exact) mass is 421 g/mol. The van der Waals surface area contributed by atoms with Gasteiger partial charge < -0.3 is 19.7 Å². The Morgan fingerprint density at radius 1 is 1.33 bits per heavy atom. The Balaban J connectivity index is 1.57. The maximum atomic E-state index is 13.5. The molecule has 0 spiro atoms. The number of hydrogen-bond acceptors (Lipinski definition) is 5. The van der Waals surface area contributed by atoms with Crippen LogP contribution in [0.25, 0.3) is 0 Å². The fourth-order valence-corrected chi connectivity index (χ4v) is 3.49. The second-order valence-corrected chi connectivity index (χ2v) is 7.25. The molecule has 0 aliphatic carbocycles. The molecule has 1 aromatic heterocycles. The summed E-state index contributed by atoms with van der Waals surface area (Å²) in [4.78, 5) is 30.7. The molecule has 2 aliphatic heterocycles. The van der Waals surface area contributed by atoms with Gasteiger partial charge >= 0.3 is 6.18 Å². The summed E-state index contributed by atoms with van der Waals surface area (Å²) < 4.78 is 51.0. The van der Waals surface area contributed by atoms with Crippen molar-refractivity contribution in [2.24, 2.45) is 0 Å². The standard InChI is InChI=1S/C20H18F3N3O4/c1-19(20(21,22)23)12-7-13(24-8-11(12)9-30-19)17(27)25-14-10-29-16-6-4-3-5-15(16)26(2)18(14)28/h3-8,14H,9-10H2,1-2H3,(H,25,27). The molecule has 158 valence electrons. The van der Waals surface area contributed by atoms with E-state index < -0.39 is 29.6 Å². The first-order valence-corrected chi connectivity index (χ1v) is 9.12. The third kappa shape index (κ3) is 3.17. The molecule has 2 atom stereocenters. The Labute approximate surface area is 169 Å². The molecule has 0 saturated carbocycles. The van der Waals surface area contributed by atoms with Gasteiger partial charge in [-0.15, -0.1) is 0 Å². The van der Waals surface area contributed by atoms with E-state index in [-0.39, 0.29) is 30.0 Å². The van der Waals surface area contributed by atoms with E-state index in [0.717, 1.165) is 13.0 Å². The highest BCUT2D eigenvalue weighted by atomic mass is 19.4. The molecule has 1 aromatic carbocycles. The van der Waals surface area contributed by atoms with E-state index in [1.165, 1.54) is 11.1 Å². The number of amides is 2. The summed E-state index contributed by atoms with van der Waals surface area (Å²) in [6, 6.07) is 6.94. The van der Waals surface area contributed by atoms with Crippen molar-refractivity contribution in [2.45, 2.75) is 31.3 Å². The number of alkyl halides is 3. The van der Waals surface area contributed by atoms with Crippen LogP contribution < -0.4 is 15.0 Å². The smallest absolute Gasteiger partial charge is 0.421 e. The van der Waals surface area contributed by atoms with Crippen LogP contribution in [-0.2, 0) is 21.7 Å². The summed E-state index contributed by atoms with van der Waals surface area (Å²) in [5.41, 5.74) is -2.12. The minimum absolute atomic E-state index is 0.125. The number of likely N-dealkylation sites (N-methyl/N-ethyl adjacent to an activating group) is 1. The van der Waals surface area contributed by atoms with E-state index >= 15 is 0 Å². The molecule has 3 heterocycles. The quantitative estimate of drug-likeness (QED) is 0.806. The number of anilines is 1. The van der Waals surface area contributed by atoms with E-state index in [0.29, 0.717) is 11.4 Å². The Hall–Kier alpha value is -3.14. The van der Waals surface area contributed by atoms with Crippen molar-refractivity contribution in [3.63, 3.8) is 0 Å².